The summed E-state index contributed by atoms with van der Waals surface area (Å²) in [6.07, 6.45) is 4.96. The van der Waals surface area contributed by atoms with Crippen LogP contribution in [-0.2, 0) is 18.8 Å². The average Bonchev–Trinajstić information content (AvgIpc) is 3.19. The van der Waals surface area contributed by atoms with Gasteiger partial charge in [0.25, 0.3) is 0 Å². The van der Waals surface area contributed by atoms with Crippen LogP contribution >= 0.6 is 0 Å². The second-order valence-corrected chi connectivity index (χ2v) is 14.1. The lowest BCUT2D eigenvalue weighted by Crippen LogP contribution is -2.65. The van der Waals surface area contributed by atoms with E-state index in [0.29, 0.717) is 24.8 Å². The molecule has 0 radical (unpaired) electrons. The molecule has 0 aromatic rings. The quantitative estimate of drug-likeness (QED) is 0.208. The largest absolute Gasteiger partial charge is 0.481 e. The van der Waals surface area contributed by atoms with E-state index in [0.717, 1.165) is 32.1 Å². The Morgan fingerprint density at radius 2 is 1.75 bits per heavy atom. The SMILES string of the molecule is CCCCCNC(=O)NC[C@H](NC(=O)OC(C)(C)C)C(=O)N[C@@H](CC(C)C)B1O[C@@H]2C[C@H]3C[C@H](C3(C)C)[C@]2(C)O1. The molecule has 228 valence electrons. The van der Waals surface area contributed by atoms with Gasteiger partial charge in [0.15, 0.2) is 0 Å². The molecule has 4 fully saturated rings. The van der Waals surface area contributed by atoms with Gasteiger partial charge in [0.1, 0.15) is 11.6 Å². The molecule has 0 aromatic heterocycles. The van der Waals surface area contributed by atoms with Crippen LogP contribution in [0.5, 0.6) is 0 Å². The van der Waals surface area contributed by atoms with Gasteiger partial charge >= 0.3 is 19.2 Å². The Hall–Kier alpha value is -2.01. The number of carbonyl (C=O) groups excluding carboxylic acids is 3. The lowest BCUT2D eigenvalue weighted by Gasteiger charge is -2.64. The molecule has 3 aliphatic carbocycles. The highest BCUT2D eigenvalue weighted by Crippen LogP contribution is 2.65. The Balaban J connectivity index is 1.69. The van der Waals surface area contributed by atoms with Crippen LogP contribution in [0.4, 0.5) is 9.59 Å². The van der Waals surface area contributed by atoms with Gasteiger partial charge in [-0.1, -0.05) is 47.5 Å². The van der Waals surface area contributed by atoms with Crippen molar-refractivity contribution in [3.05, 3.63) is 0 Å². The summed E-state index contributed by atoms with van der Waals surface area (Å²) in [6.45, 7) is 18.8. The summed E-state index contributed by atoms with van der Waals surface area (Å²) in [5.41, 5.74) is -0.916. The molecule has 3 saturated carbocycles. The first kappa shape index (κ1) is 32.5. The van der Waals surface area contributed by atoms with Crippen molar-refractivity contribution in [1.82, 2.24) is 21.3 Å². The van der Waals surface area contributed by atoms with Crippen LogP contribution in [0, 0.1) is 23.2 Å². The second-order valence-electron chi connectivity index (χ2n) is 14.1. The fraction of sp³-hybridized carbons (Fsp3) is 0.897. The Morgan fingerprint density at radius 1 is 1.05 bits per heavy atom. The van der Waals surface area contributed by atoms with Gasteiger partial charge in [-0.05, 0) is 76.5 Å². The third kappa shape index (κ3) is 7.84. The molecule has 10 nitrogen and oxygen atoms in total. The number of alkyl carbamates (subject to hydrolysis) is 1. The number of hydrogen-bond acceptors (Lipinski definition) is 6. The van der Waals surface area contributed by atoms with Gasteiger partial charge < -0.3 is 35.3 Å². The third-order valence-electron chi connectivity index (χ3n) is 8.89. The first-order valence-electron chi connectivity index (χ1n) is 15.2. The molecule has 2 bridgehead atoms. The normalized spacial score (nSPS) is 28.1. The fourth-order valence-corrected chi connectivity index (χ4v) is 6.59. The maximum absolute atomic E-state index is 13.6. The summed E-state index contributed by atoms with van der Waals surface area (Å²) in [4.78, 5) is 38.6. The Morgan fingerprint density at radius 3 is 2.35 bits per heavy atom. The van der Waals surface area contributed by atoms with Crippen LogP contribution in [0.15, 0.2) is 0 Å². The van der Waals surface area contributed by atoms with Crippen LogP contribution in [0.25, 0.3) is 0 Å². The number of rotatable bonds is 12. The van der Waals surface area contributed by atoms with Gasteiger partial charge in [0.05, 0.1) is 17.6 Å². The lowest BCUT2D eigenvalue weighted by molar-refractivity contribution is -0.199. The molecule has 4 rings (SSSR count). The van der Waals surface area contributed by atoms with Crippen molar-refractivity contribution in [2.45, 2.75) is 130 Å². The summed E-state index contributed by atoms with van der Waals surface area (Å²) in [6, 6.07) is -1.43. The Kier molecular flexibility index (Phi) is 10.5. The van der Waals surface area contributed by atoms with Gasteiger partial charge in [-0.2, -0.15) is 0 Å². The number of amides is 4. The molecule has 0 spiro atoms. The lowest BCUT2D eigenvalue weighted by atomic mass is 9.43. The molecule has 40 heavy (non-hydrogen) atoms. The van der Waals surface area contributed by atoms with Crippen molar-refractivity contribution in [3.63, 3.8) is 0 Å². The summed E-state index contributed by atoms with van der Waals surface area (Å²) in [5.74, 6) is 0.450. The minimum Gasteiger partial charge on any atom is -0.444 e. The monoisotopic (exact) mass is 564 g/mol. The molecule has 4 amide bonds. The predicted molar refractivity (Wildman–Crippen MR) is 156 cm³/mol. The number of urea groups is 1. The van der Waals surface area contributed by atoms with Crippen molar-refractivity contribution in [3.8, 4) is 0 Å². The van der Waals surface area contributed by atoms with Gasteiger partial charge in [-0.3, -0.25) is 4.79 Å². The van der Waals surface area contributed by atoms with Crippen LogP contribution in [-0.4, -0.2) is 67.5 Å². The molecule has 6 atom stereocenters. The first-order valence-corrected chi connectivity index (χ1v) is 15.2. The molecular formula is C29H53BN4O6. The maximum atomic E-state index is 13.6. The molecule has 0 aromatic carbocycles. The van der Waals surface area contributed by atoms with Gasteiger partial charge in [0.2, 0.25) is 5.91 Å². The summed E-state index contributed by atoms with van der Waals surface area (Å²) >= 11 is 0. The molecule has 1 saturated heterocycles. The minimum absolute atomic E-state index is 0.00500. The summed E-state index contributed by atoms with van der Waals surface area (Å²) in [7, 11) is -0.589. The van der Waals surface area contributed by atoms with Gasteiger partial charge in [0, 0.05) is 13.1 Å². The fourth-order valence-electron chi connectivity index (χ4n) is 6.59. The zero-order valence-electron chi connectivity index (χ0n) is 26.1. The highest BCUT2D eigenvalue weighted by atomic mass is 16.7. The molecule has 0 unspecified atom stereocenters. The molecule has 1 aliphatic heterocycles. The van der Waals surface area contributed by atoms with E-state index in [1.807, 2.05) is 0 Å². The average molecular weight is 565 g/mol. The smallest absolute Gasteiger partial charge is 0.444 e. The minimum atomic E-state index is -1.04. The van der Waals surface area contributed by atoms with E-state index in [4.69, 9.17) is 14.0 Å². The van der Waals surface area contributed by atoms with E-state index in [-0.39, 0.29) is 30.0 Å². The molecule has 4 N–H and O–H groups in total. The van der Waals surface area contributed by atoms with Crippen molar-refractivity contribution < 1.29 is 28.4 Å². The number of hydrogen-bond donors (Lipinski definition) is 4. The molecular weight excluding hydrogens is 511 g/mol. The van der Waals surface area contributed by atoms with Crippen LogP contribution in [0.3, 0.4) is 0 Å². The highest BCUT2D eigenvalue weighted by Gasteiger charge is 2.68. The maximum Gasteiger partial charge on any atom is 0.481 e. The molecule has 1 heterocycles. The number of ether oxygens (including phenoxy) is 1. The molecule has 11 heteroatoms. The van der Waals surface area contributed by atoms with Crippen LogP contribution in [0.1, 0.15) is 101 Å². The van der Waals surface area contributed by atoms with Crippen LogP contribution < -0.4 is 21.3 Å². The van der Waals surface area contributed by atoms with Gasteiger partial charge in [-0.15, -0.1) is 0 Å². The number of unbranched alkanes of at least 4 members (excludes halogenated alkanes) is 2. The molecule has 4 aliphatic rings. The van der Waals surface area contributed by atoms with E-state index >= 15 is 0 Å². The van der Waals surface area contributed by atoms with Crippen molar-refractivity contribution in [2.75, 3.05) is 13.1 Å². The Labute approximate surface area is 241 Å². The summed E-state index contributed by atoms with van der Waals surface area (Å²) < 4.78 is 18.5. The number of nitrogens with one attached hydrogen (secondary N) is 4. The van der Waals surface area contributed by atoms with E-state index in [1.165, 1.54) is 0 Å². The van der Waals surface area contributed by atoms with E-state index in [1.54, 1.807) is 20.8 Å². The van der Waals surface area contributed by atoms with Crippen molar-refractivity contribution >= 4 is 25.1 Å². The number of carbonyl (C=O) groups is 3. The third-order valence-corrected chi connectivity index (χ3v) is 8.89. The topological polar surface area (TPSA) is 127 Å². The highest BCUT2D eigenvalue weighted by molar-refractivity contribution is 6.48. The zero-order valence-corrected chi connectivity index (χ0v) is 26.1. The zero-order chi connectivity index (χ0) is 29.9. The first-order chi connectivity index (χ1) is 18.6. The predicted octanol–water partition coefficient (Wildman–Crippen LogP) is 4.17. The van der Waals surface area contributed by atoms with Crippen molar-refractivity contribution in [2.24, 2.45) is 23.2 Å². The second kappa shape index (κ2) is 12.9. The Bertz CT molecular complexity index is 909. The summed E-state index contributed by atoms with van der Waals surface area (Å²) in [5, 5.41) is 11.2. The van der Waals surface area contributed by atoms with Gasteiger partial charge in [-0.25, -0.2) is 9.59 Å². The van der Waals surface area contributed by atoms with E-state index in [9.17, 15) is 14.4 Å². The van der Waals surface area contributed by atoms with E-state index < -0.39 is 42.3 Å². The standard InChI is InChI=1S/C29H53BN4O6/c1-10-11-12-13-31-25(36)32-17-20(33-26(37)38-27(4,5)6)24(35)34-23(14-18(2)3)30-39-22-16-19-15-21(28(19,7)8)29(22,9)40-30/h18-23H,10-17H2,1-9H3,(H,33,37)(H,34,35)(H2,31,32,36)/t19-,20+,21-,22-,23+,29+/m1/s1. The van der Waals surface area contributed by atoms with E-state index in [2.05, 4.69) is 62.8 Å². The van der Waals surface area contributed by atoms with Crippen molar-refractivity contribution in [1.29, 1.82) is 0 Å². The van der Waals surface area contributed by atoms with Crippen LogP contribution in [0.2, 0.25) is 0 Å².